The summed E-state index contributed by atoms with van der Waals surface area (Å²) >= 11 is 0. The van der Waals surface area contributed by atoms with Crippen LogP contribution in [0.3, 0.4) is 0 Å². The van der Waals surface area contributed by atoms with Crippen molar-refractivity contribution in [2.24, 2.45) is 0 Å². The zero-order chi connectivity index (χ0) is 14.2. The maximum absolute atomic E-state index is 11.9. The number of rotatable bonds is 3. The quantitative estimate of drug-likeness (QED) is 0.500. The minimum Gasteiger partial charge on any atom is -0.394 e. The van der Waals surface area contributed by atoms with Gasteiger partial charge in [-0.25, -0.2) is 4.79 Å². The highest BCUT2D eigenvalue weighted by molar-refractivity contribution is 5.24. The number of nitrogens with two attached hydrogens (primary N) is 1. The molecule has 0 saturated carbocycles. The van der Waals surface area contributed by atoms with Gasteiger partial charge in [0.05, 0.1) is 6.61 Å². The van der Waals surface area contributed by atoms with Crippen LogP contribution in [0.5, 0.6) is 0 Å². The number of aliphatic hydroxyl groups is 3. The van der Waals surface area contributed by atoms with Gasteiger partial charge in [0.15, 0.2) is 5.72 Å². The fourth-order valence-electron chi connectivity index (χ4n) is 2.38. The molecular weight excluding hydrogens is 254 g/mol. The van der Waals surface area contributed by atoms with Gasteiger partial charge in [0.25, 0.3) is 0 Å². The fourth-order valence-corrected chi connectivity index (χ4v) is 2.38. The first-order valence-electron chi connectivity index (χ1n) is 5.96. The largest absolute Gasteiger partial charge is 0.394 e. The summed E-state index contributed by atoms with van der Waals surface area (Å²) in [4.78, 5) is 15.4. The minimum absolute atomic E-state index is 0.0549. The zero-order valence-electron chi connectivity index (χ0n) is 10.4. The second kappa shape index (κ2) is 4.89. The van der Waals surface area contributed by atoms with E-state index < -0.39 is 36.3 Å². The van der Waals surface area contributed by atoms with Crippen LogP contribution < -0.4 is 11.4 Å². The van der Waals surface area contributed by atoms with E-state index >= 15 is 0 Å². The number of aromatic nitrogens is 2. The van der Waals surface area contributed by atoms with Crippen molar-refractivity contribution in [3.8, 4) is 0 Å². The molecule has 1 fully saturated rings. The van der Waals surface area contributed by atoms with Crippen molar-refractivity contribution in [1.29, 1.82) is 0 Å². The smallest absolute Gasteiger partial charge is 0.351 e. The standard InChI is InChI=1S/C11H17N3O5/c1-2-11(9(17)8(16)6(5-15)19-11)14-4-3-7(12)13-10(14)18/h3-4,6,8-9,15-17H,2,5H2,1H3,(H2,12,13,18)/t6-,8-,9-,11-/m1/s1. The van der Waals surface area contributed by atoms with Crippen molar-refractivity contribution in [3.63, 3.8) is 0 Å². The summed E-state index contributed by atoms with van der Waals surface area (Å²) in [6, 6.07) is 1.40. The van der Waals surface area contributed by atoms with Crippen LogP contribution in [0.4, 0.5) is 5.82 Å². The van der Waals surface area contributed by atoms with Crippen LogP contribution in [0, 0.1) is 0 Å². The molecule has 0 spiro atoms. The van der Waals surface area contributed by atoms with E-state index in [9.17, 15) is 15.0 Å². The summed E-state index contributed by atoms with van der Waals surface area (Å²) < 4.78 is 6.60. The summed E-state index contributed by atoms with van der Waals surface area (Å²) in [5.74, 6) is 0.0549. The van der Waals surface area contributed by atoms with E-state index in [1.165, 1.54) is 12.3 Å². The van der Waals surface area contributed by atoms with Crippen LogP contribution in [-0.4, -0.2) is 49.8 Å². The van der Waals surface area contributed by atoms with Gasteiger partial charge in [-0.15, -0.1) is 0 Å². The molecule has 1 aliphatic heterocycles. The average molecular weight is 271 g/mol. The minimum atomic E-state index is -1.45. The molecule has 1 aromatic heterocycles. The monoisotopic (exact) mass is 271 g/mol. The molecule has 1 aromatic rings. The van der Waals surface area contributed by atoms with Crippen molar-refractivity contribution < 1.29 is 20.1 Å². The van der Waals surface area contributed by atoms with E-state index in [0.29, 0.717) is 0 Å². The highest BCUT2D eigenvalue weighted by Crippen LogP contribution is 2.37. The van der Waals surface area contributed by atoms with Crippen molar-refractivity contribution >= 4 is 5.82 Å². The molecule has 1 saturated heterocycles. The Kier molecular flexibility index (Phi) is 3.59. The summed E-state index contributed by atoms with van der Waals surface area (Å²) in [5.41, 5.74) is 3.27. The molecule has 4 atom stereocenters. The van der Waals surface area contributed by atoms with Crippen LogP contribution in [-0.2, 0) is 10.5 Å². The summed E-state index contributed by atoms with van der Waals surface area (Å²) in [7, 11) is 0. The van der Waals surface area contributed by atoms with Crippen molar-refractivity contribution in [3.05, 3.63) is 22.7 Å². The van der Waals surface area contributed by atoms with Crippen LogP contribution >= 0.6 is 0 Å². The van der Waals surface area contributed by atoms with E-state index in [1.54, 1.807) is 6.92 Å². The van der Waals surface area contributed by atoms with Gasteiger partial charge in [0, 0.05) is 6.20 Å². The van der Waals surface area contributed by atoms with Gasteiger partial charge in [-0.2, -0.15) is 4.98 Å². The third-order valence-electron chi connectivity index (χ3n) is 3.44. The van der Waals surface area contributed by atoms with E-state index in [0.717, 1.165) is 4.57 Å². The zero-order valence-corrected chi connectivity index (χ0v) is 10.4. The number of hydrogen-bond donors (Lipinski definition) is 4. The molecule has 5 N–H and O–H groups in total. The molecular formula is C11H17N3O5. The fraction of sp³-hybridized carbons (Fsp3) is 0.636. The van der Waals surface area contributed by atoms with Gasteiger partial charge in [0.1, 0.15) is 24.1 Å². The molecule has 0 amide bonds. The van der Waals surface area contributed by atoms with E-state index in [1.807, 2.05) is 0 Å². The topological polar surface area (TPSA) is 131 Å². The van der Waals surface area contributed by atoms with Crippen LogP contribution in [0.2, 0.25) is 0 Å². The number of hydrogen-bond acceptors (Lipinski definition) is 7. The lowest BCUT2D eigenvalue weighted by Gasteiger charge is -2.32. The predicted octanol–water partition coefficient (Wildman–Crippen LogP) is -2.00. The Hall–Kier alpha value is -1.48. The maximum atomic E-state index is 11.9. The first-order chi connectivity index (χ1) is 8.96. The SMILES string of the molecule is CC[C@@]1(n2ccc(N)nc2=O)O[C@H](CO)[C@@H](O)[C@H]1O. The lowest BCUT2D eigenvalue weighted by atomic mass is 10.00. The summed E-state index contributed by atoms with van der Waals surface area (Å²) in [6.45, 7) is 1.23. The van der Waals surface area contributed by atoms with E-state index in [-0.39, 0.29) is 12.2 Å². The summed E-state index contributed by atoms with van der Waals surface area (Å²) in [6.07, 6.45) is -2.02. The Labute approximate surface area is 109 Å². The molecule has 8 heteroatoms. The highest BCUT2D eigenvalue weighted by atomic mass is 16.6. The molecule has 0 unspecified atom stereocenters. The average Bonchev–Trinajstić information content (AvgIpc) is 2.64. The molecule has 8 nitrogen and oxygen atoms in total. The Morgan fingerprint density at radius 2 is 2.26 bits per heavy atom. The lowest BCUT2D eigenvalue weighted by molar-refractivity contribution is -0.152. The normalized spacial score (nSPS) is 34.6. The molecule has 2 rings (SSSR count). The van der Waals surface area contributed by atoms with Crippen molar-refractivity contribution in [2.45, 2.75) is 37.4 Å². The first-order valence-corrected chi connectivity index (χ1v) is 5.96. The molecule has 1 aliphatic rings. The highest BCUT2D eigenvalue weighted by Gasteiger charge is 2.54. The molecule has 0 aromatic carbocycles. The van der Waals surface area contributed by atoms with Crippen LogP contribution in [0.15, 0.2) is 17.1 Å². The van der Waals surface area contributed by atoms with Gasteiger partial charge in [-0.1, -0.05) is 6.92 Å². The van der Waals surface area contributed by atoms with Crippen LogP contribution in [0.1, 0.15) is 13.3 Å². The predicted molar refractivity (Wildman–Crippen MR) is 65.1 cm³/mol. The number of ether oxygens (including phenoxy) is 1. The van der Waals surface area contributed by atoms with Crippen molar-refractivity contribution in [1.82, 2.24) is 9.55 Å². The molecule has 0 aliphatic carbocycles. The van der Waals surface area contributed by atoms with Gasteiger partial charge < -0.3 is 25.8 Å². The van der Waals surface area contributed by atoms with Gasteiger partial charge in [0.2, 0.25) is 0 Å². The maximum Gasteiger partial charge on any atom is 0.351 e. The third-order valence-corrected chi connectivity index (χ3v) is 3.44. The number of nitrogen functional groups attached to an aromatic ring is 1. The van der Waals surface area contributed by atoms with Gasteiger partial charge >= 0.3 is 5.69 Å². The molecule has 0 bridgehead atoms. The molecule has 106 valence electrons. The Morgan fingerprint density at radius 3 is 2.74 bits per heavy atom. The van der Waals surface area contributed by atoms with Gasteiger partial charge in [-0.05, 0) is 12.5 Å². The van der Waals surface area contributed by atoms with Crippen LogP contribution in [0.25, 0.3) is 0 Å². The number of nitrogens with zero attached hydrogens (tertiary/aromatic N) is 2. The number of aliphatic hydroxyl groups excluding tert-OH is 3. The first kappa shape index (κ1) is 13.9. The molecule has 0 radical (unpaired) electrons. The number of anilines is 1. The Balaban J connectivity index is 2.52. The van der Waals surface area contributed by atoms with Gasteiger partial charge in [-0.3, -0.25) is 4.57 Å². The van der Waals surface area contributed by atoms with Crippen molar-refractivity contribution in [2.75, 3.05) is 12.3 Å². The third kappa shape index (κ3) is 2.02. The molecule has 19 heavy (non-hydrogen) atoms. The van der Waals surface area contributed by atoms with E-state index in [4.69, 9.17) is 15.6 Å². The lowest BCUT2D eigenvalue weighted by Crippen LogP contribution is -2.50. The molecule has 2 heterocycles. The Bertz CT molecular complexity index is 519. The summed E-state index contributed by atoms with van der Waals surface area (Å²) in [5, 5.41) is 29.1. The van der Waals surface area contributed by atoms with E-state index in [2.05, 4.69) is 4.98 Å². The second-order valence-corrected chi connectivity index (χ2v) is 4.48. The Morgan fingerprint density at radius 1 is 1.58 bits per heavy atom. The second-order valence-electron chi connectivity index (χ2n) is 4.48.